The molecule has 0 bridgehead atoms. The SMILES string of the molecule is CN1CCc2nc(C(=O)C(N)CN)sc2C1. The zero-order chi connectivity index (χ0) is 11.7. The number of nitrogens with zero attached hydrogens (tertiary/aromatic N) is 2. The molecule has 0 amide bonds. The molecule has 0 spiro atoms. The van der Waals surface area contributed by atoms with Crippen LogP contribution in [-0.4, -0.2) is 41.8 Å². The number of fused-ring (bicyclic) bond motifs is 1. The van der Waals surface area contributed by atoms with E-state index in [9.17, 15) is 4.79 Å². The Hall–Kier alpha value is -0.820. The molecule has 1 aromatic rings. The van der Waals surface area contributed by atoms with Crippen LogP contribution in [0.2, 0.25) is 0 Å². The Morgan fingerprint density at radius 1 is 1.69 bits per heavy atom. The number of carbonyl (C=O) groups excluding carboxylic acids is 1. The highest BCUT2D eigenvalue weighted by Gasteiger charge is 2.23. The Kier molecular flexibility index (Phi) is 3.34. The molecule has 0 saturated carbocycles. The lowest BCUT2D eigenvalue weighted by molar-refractivity contribution is 0.0964. The fourth-order valence-corrected chi connectivity index (χ4v) is 2.89. The van der Waals surface area contributed by atoms with E-state index in [2.05, 4.69) is 16.9 Å². The number of ketones is 1. The highest BCUT2D eigenvalue weighted by molar-refractivity contribution is 7.13. The Bertz CT molecular complexity index is 404. The van der Waals surface area contributed by atoms with Gasteiger partial charge in [-0.15, -0.1) is 11.3 Å². The molecule has 2 rings (SSSR count). The van der Waals surface area contributed by atoms with E-state index in [-0.39, 0.29) is 12.3 Å². The van der Waals surface area contributed by atoms with Crippen LogP contribution in [0.3, 0.4) is 0 Å². The molecule has 1 aromatic heterocycles. The van der Waals surface area contributed by atoms with Crippen LogP contribution in [0.1, 0.15) is 20.4 Å². The molecule has 6 heteroatoms. The third-order valence-electron chi connectivity index (χ3n) is 2.72. The molecular weight excluding hydrogens is 224 g/mol. The van der Waals surface area contributed by atoms with Crippen LogP contribution in [0, 0.1) is 0 Å². The van der Waals surface area contributed by atoms with Crippen molar-refractivity contribution in [2.45, 2.75) is 19.0 Å². The minimum Gasteiger partial charge on any atom is -0.328 e. The monoisotopic (exact) mass is 240 g/mol. The van der Waals surface area contributed by atoms with Gasteiger partial charge in [0.15, 0.2) is 5.01 Å². The molecular formula is C10H16N4OS. The first-order valence-corrected chi connectivity index (χ1v) is 6.10. The molecule has 0 fully saturated rings. The summed E-state index contributed by atoms with van der Waals surface area (Å²) >= 11 is 1.45. The fourth-order valence-electron chi connectivity index (χ4n) is 1.69. The van der Waals surface area contributed by atoms with Crippen molar-refractivity contribution in [1.82, 2.24) is 9.88 Å². The summed E-state index contributed by atoms with van der Waals surface area (Å²) in [6.07, 6.45) is 0.910. The number of likely N-dealkylation sites (N-methyl/N-ethyl adjacent to an activating group) is 1. The summed E-state index contributed by atoms with van der Waals surface area (Å²) in [5.74, 6) is -0.135. The maximum absolute atomic E-state index is 11.8. The zero-order valence-corrected chi connectivity index (χ0v) is 10.1. The maximum atomic E-state index is 11.8. The quantitative estimate of drug-likeness (QED) is 0.702. The predicted octanol–water partition coefficient (Wildman–Crippen LogP) is -0.400. The summed E-state index contributed by atoms with van der Waals surface area (Å²) in [4.78, 5) is 19.6. The van der Waals surface area contributed by atoms with Gasteiger partial charge in [-0.05, 0) is 7.05 Å². The van der Waals surface area contributed by atoms with Crippen LogP contribution in [-0.2, 0) is 13.0 Å². The fraction of sp³-hybridized carbons (Fsp3) is 0.600. The Balaban J connectivity index is 2.22. The summed E-state index contributed by atoms with van der Waals surface area (Å²) in [5, 5.41) is 0.512. The molecule has 88 valence electrons. The lowest BCUT2D eigenvalue weighted by atomic mass is 10.2. The van der Waals surface area contributed by atoms with Gasteiger partial charge in [0.25, 0.3) is 0 Å². The van der Waals surface area contributed by atoms with Gasteiger partial charge in [-0.25, -0.2) is 4.98 Å². The van der Waals surface area contributed by atoms with Crippen molar-refractivity contribution in [3.8, 4) is 0 Å². The van der Waals surface area contributed by atoms with Crippen LogP contribution in [0.5, 0.6) is 0 Å². The van der Waals surface area contributed by atoms with E-state index in [0.29, 0.717) is 5.01 Å². The molecule has 0 saturated heterocycles. The van der Waals surface area contributed by atoms with Crippen molar-refractivity contribution in [2.24, 2.45) is 11.5 Å². The van der Waals surface area contributed by atoms with Gasteiger partial charge in [-0.3, -0.25) is 4.79 Å². The normalized spacial score (nSPS) is 18.2. The van der Waals surface area contributed by atoms with Crippen molar-refractivity contribution in [3.63, 3.8) is 0 Å². The smallest absolute Gasteiger partial charge is 0.209 e. The van der Waals surface area contributed by atoms with E-state index in [4.69, 9.17) is 11.5 Å². The largest absolute Gasteiger partial charge is 0.328 e. The van der Waals surface area contributed by atoms with Crippen molar-refractivity contribution in [1.29, 1.82) is 0 Å². The van der Waals surface area contributed by atoms with Gasteiger partial charge in [0.1, 0.15) is 0 Å². The molecule has 1 atom stereocenters. The highest BCUT2D eigenvalue weighted by atomic mass is 32.1. The minimum absolute atomic E-state index is 0.135. The van der Waals surface area contributed by atoms with Gasteiger partial charge >= 0.3 is 0 Å². The first-order chi connectivity index (χ1) is 7.61. The van der Waals surface area contributed by atoms with E-state index in [0.717, 1.165) is 25.2 Å². The lowest BCUT2D eigenvalue weighted by Crippen LogP contribution is -2.37. The number of Topliss-reactive ketones (excluding diaryl/α,β-unsaturated/α-hetero) is 1. The number of aromatic nitrogens is 1. The van der Waals surface area contributed by atoms with E-state index >= 15 is 0 Å². The minimum atomic E-state index is -0.620. The summed E-state index contributed by atoms with van der Waals surface area (Å²) in [6.45, 7) is 2.04. The molecule has 4 N–H and O–H groups in total. The van der Waals surface area contributed by atoms with E-state index < -0.39 is 6.04 Å². The lowest BCUT2D eigenvalue weighted by Gasteiger charge is -2.20. The summed E-state index contributed by atoms with van der Waals surface area (Å²) in [7, 11) is 2.07. The van der Waals surface area contributed by atoms with E-state index in [1.807, 2.05) is 0 Å². The number of hydrogen-bond acceptors (Lipinski definition) is 6. The Morgan fingerprint density at radius 3 is 3.12 bits per heavy atom. The van der Waals surface area contributed by atoms with Gasteiger partial charge in [0, 0.05) is 30.9 Å². The van der Waals surface area contributed by atoms with Crippen molar-refractivity contribution < 1.29 is 4.79 Å². The van der Waals surface area contributed by atoms with Gasteiger partial charge in [-0.1, -0.05) is 0 Å². The van der Waals surface area contributed by atoms with E-state index in [1.54, 1.807) is 0 Å². The zero-order valence-electron chi connectivity index (χ0n) is 9.27. The molecule has 0 radical (unpaired) electrons. The molecule has 1 aliphatic heterocycles. The van der Waals surface area contributed by atoms with Crippen molar-refractivity contribution >= 4 is 17.1 Å². The maximum Gasteiger partial charge on any atom is 0.209 e. The average molecular weight is 240 g/mol. The Labute approximate surface area is 98.4 Å². The second-order valence-corrected chi connectivity index (χ2v) is 5.17. The van der Waals surface area contributed by atoms with Crippen LogP contribution >= 0.6 is 11.3 Å². The molecule has 1 aliphatic rings. The average Bonchev–Trinajstić information content (AvgIpc) is 2.69. The van der Waals surface area contributed by atoms with Gasteiger partial charge < -0.3 is 16.4 Å². The number of nitrogens with two attached hydrogens (primary N) is 2. The molecule has 0 aromatic carbocycles. The van der Waals surface area contributed by atoms with Crippen LogP contribution in [0.25, 0.3) is 0 Å². The number of carbonyl (C=O) groups is 1. The molecule has 0 aliphatic carbocycles. The molecule has 1 unspecified atom stereocenters. The van der Waals surface area contributed by atoms with Crippen LogP contribution in [0.4, 0.5) is 0 Å². The highest BCUT2D eigenvalue weighted by Crippen LogP contribution is 2.24. The second kappa shape index (κ2) is 4.58. The molecule has 5 nitrogen and oxygen atoms in total. The van der Waals surface area contributed by atoms with Gasteiger partial charge in [0.05, 0.1) is 11.7 Å². The number of rotatable bonds is 3. The van der Waals surface area contributed by atoms with Crippen molar-refractivity contribution in [2.75, 3.05) is 20.1 Å². The predicted molar refractivity (Wildman–Crippen MR) is 63.5 cm³/mol. The standard InChI is InChI=1S/C10H16N4OS/c1-14-3-2-7-8(5-14)16-10(13-7)9(15)6(12)4-11/h6H,2-5,11-12H2,1H3. The molecule has 2 heterocycles. The van der Waals surface area contributed by atoms with Crippen molar-refractivity contribution in [3.05, 3.63) is 15.6 Å². The third kappa shape index (κ3) is 2.15. The summed E-state index contributed by atoms with van der Waals surface area (Å²) in [5.41, 5.74) is 12.0. The third-order valence-corrected chi connectivity index (χ3v) is 3.82. The summed E-state index contributed by atoms with van der Waals surface area (Å²) < 4.78 is 0. The van der Waals surface area contributed by atoms with Gasteiger partial charge in [-0.2, -0.15) is 0 Å². The van der Waals surface area contributed by atoms with E-state index in [1.165, 1.54) is 16.2 Å². The molecule has 16 heavy (non-hydrogen) atoms. The van der Waals surface area contributed by atoms with Crippen LogP contribution < -0.4 is 11.5 Å². The first-order valence-electron chi connectivity index (χ1n) is 5.28. The van der Waals surface area contributed by atoms with Crippen LogP contribution in [0.15, 0.2) is 0 Å². The topological polar surface area (TPSA) is 85.2 Å². The first kappa shape index (κ1) is 11.7. The number of thiazole rings is 1. The summed E-state index contributed by atoms with van der Waals surface area (Å²) in [6, 6.07) is -0.620. The second-order valence-electron chi connectivity index (χ2n) is 4.08. The Morgan fingerprint density at radius 2 is 2.44 bits per heavy atom. The van der Waals surface area contributed by atoms with Gasteiger partial charge in [0.2, 0.25) is 5.78 Å². The number of hydrogen-bond donors (Lipinski definition) is 2.